The Balaban J connectivity index is 1.30. The summed E-state index contributed by atoms with van der Waals surface area (Å²) < 4.78 is 0. The van der Waals surface area contributed by atoms with Gasteiger partial charge in [-0.2, -0.15) is 0 Å². The lowest BCUT2D eigenvalue weighted by Crippen LogP contribution is -2.27. The number of aromatic nitrogens is 2. The predicted molar refractivity (Wildman–Crippen MR) is 130 cm³/mol. The standard InChI is InChI=1S/C26H28N4OS/c1-18-6-8-19(9-7-18)15-30(13-12-20-14-27-23-5-3-2-4-22(20)23)16-25-29-24(17-32-25)26(31)28-21-10-11-21/h2-9,14,17,21,27H,10-13,15-16H2,1H3,(H,28,31). The van der Waals surface area contributed by atoms with Crippen LogP contribution in [0.5, 0.6) is 0 Å². The molecule has 5 nitrogen and oxygen atoms in total. The van der Waals surface area contributed by atoms with Crippen LogP contribution < -0.4 is 5.32 Å². The molecule has 0 atom stereocenters. The van der Waals surface area contributed by atoms with E-state index in [0.29, 0.717) is 11.7 Å². The molecule has 2 heterocycles. The predicted octanol–water partition coefficient (Wildman–Crippen LogP) is 5.07. The number of nitrogens with one attached hydrogen (secondary N) is 2. The number of aryl methyl sites for hydroxylation is 1. The van der Waals surface area contributed by atoms with Gasteiger partial charge in [0.15, 0.2) is 0 Å². The lowest BCUT2D eigenvalue weighted by Gasteiger charge is -2.21. The number of carbonyl (C=O) groups is 1. The second-order valence-corrected chi connectivity index (χ2v) is 9.62. The summed E-state index contributed by atoms with van der Waals surface area (Å²) in [5, 5.41) is 7.19. The topological polar surface area (TPSA) is 61.0 Å². The van der Waals surface area contributed by atoms with Crippen molar-refractivity contribution in [2.75, 3.05) is 6.54 Å². The van der Waals surface area contributed by atoms with Gasteiger partial charge in [-0.05, 0) is 43.4 Å². The van der Waals surface area contributed by atoms with Crippen LogP contribution in [-0.2, 0) is 19.5 Å². The average Bonchev–Trinajstić information content (AvgIpc) is 3.32. The van der Waals surface area contributed by atoms with Crippen LogP contribution in [0, 0.1) is 6.92 Å². The Labute approximate surface area is 192 Å². The average molecular weight is 445 g/mol. The molecule has 1 saturated carbocycles. The third-order valence-corrected chi connectivity index (χ3v) is 6.79. The maximum atomic E-state index is 12.3. The summed E-state index contributed by atoms with van der Waals surface area (Å²) in [4.78, 5) is 22.8. The highest BCUT2D eigenvalue weighted by Gasteiger charge is 2.25. The minimum Gasteiger partial charge on any atom is -0.361 e. The van der Waals surface area contributed by atoms with Crippen molar-refractivity contribution in [3.8, 4) is 0 Å². The zero-order valence-corrected chi connectivity index (χ0v) is 19.1. The molecular formula is C26H28N4OS. The zero-order chi connectivity index (χ0) is 21.9. The number of carbonyl (C=O) groups excluding carboxylic acids is 1. The monoisotopic (exact) mass is 444 g/mol. The van der Waals surface area contributed by atoms with Crippen molar-refractivity contribution >= 4 is 28.1 Å². The first kappa shape index (κ1) is 20.9. The third kappa shape index (κ3) is 5.09. The fraction of sp³-hybridized carbons (Fsp3) is 0.308. The Morgan fingerprint density at radius 1 is 1.16 bits per heavy atom. The van der Waals surface area contributed by atoms with Crippen molar-refractivity contribution in [2.45, 2.75) is 45.3 Å². The number of hydrogen-bond acceptors (Lipinski definition) is 4. The van der Waals surface area contributed by atoms with E-state index in [4.69, 9.17) is 0 Å². The van der Waals surface area contributed by atoms with Crippen LogP contribution in [0.4, 0.5) is 0 Å². The van der Waals surface area contributed by atoms with Gasteiger partial charge >= 0.3 is 0 Å². The van der Waals surface area contributed by atoms with E-state index in [-0.39, 0.29) is 5.91 Å². The lowest BCUT2D eigenvalue weighted by molar-refractivity contribution is 0.0946. The molecule has 0 bridgehead atoms. The van der Waals surface area contributed by atoms with E-state index in [9.17, 15) is 4.79 Å². The molecular weight excluding hydrogens is 416 g/mol. The highest BCUT2D eigenvalue weighted by Crippen LogP contribution is 2.22. The molecule has 0 unspecified atom stereocenters. The summed E-state index contributed by atoms with van der Waals surface area (Å²) in [7, 11) is 0. The van der Waals surface area contributed by atoms with Gasteiger partial charge in [-0.15, -0.1) is 11.3 Å². The molecule has 5 rings (SSSR count). The SMILES string of the molecule is Cc1ccc(CN(CCc2c[nH]c3ccccc23)Cc2nc(C(=O)NC3CC3)cs2)cc1. The van der Waals surface area contributed by atoms with Crippen LogP contribution in [-0.4, -0.2) is 33.4 Å². The summed E-state index contributed by atoms with van der Waals surface area (Å²) >= 11 is 1.57. The van der Waals surface area contributed by atoms with Crippen LogP contribution in [0.25, 0.3) is 10.9 Å². The number of benzene rings is 2. The van der Waals surface area contributed by atoms with E-state index in [0.717, 1.165) is 43.9 Å². The van der Waals surface area contributed by atoms with E-state index >= 15 is 0 Å². The minimum absolute atomic E-state index is 0.0427. The molecule has 0 aliphatic heterocycles. The van der Waals surface area contributed by atoms with Crippen LogP contribution >= 0.6 is 11.3 Å². The number of amides is 1. The molecule has 4 aromatic rings. The molecule has 0 spiro atoms. The maximum Gasteiger partial charge on any atom is 0.270 e. The van der Waals surface area contributed by atoms with Gasteiger partial charge in [-0.25, -0.2) is 4.98 Å². The number of fused-ring (bicyclic) bond motifs is 1. The Morgan fingerprint density at radius 3 is 2.78 bits per heavy atom. The van der Waals surface area contributed by atoms with E-state index in [1.165, 1.54) is 27.6 Å². The molecule has 1 aliphatic rings. The van der Waals surface area contributed by atoms with Gasteiger partial charge in [-0.1, -0.05) is 48.0 Å². The fourth-order valence-corrected chi connectivity index (χ4v) is 4.76. The van der Waals surface area contributed by atoms with E-state index < -0.39 is 0 Å². The maximum absolute atomic E-state index is 12.3. The van der Waals surface area contributed by atoms with Crippen molar-refractivity contribution in [2.24, 2.45) is 0 Å². The van der Waals surface area contributed by atoms with Crippen LogP contribution in [0.1, 0.15) is 45.0 Å². The Bertz CT molecular complexity index is 1210. The van der Waals surface area contributed by atoms with Gasteiger partial charge in [0.25, 0.3) is 5.91 Å². The largest absolute Gasteiger partial charge is 0.361 e. The van der Waals surface area contributed by atoms with Crippen LogP contribution in [0.3, 0.4) is 0 Å². The molecule has 2 aromatic heterocycles. The van der Waals surface area contributed by atoms with Gasteiger partial charge < -0.3 is 10.3 Å². The Kier molecular flexibility index (Phi) is 6.06. The van der Waals surface area contributed by atoms with E-state index in [1.807, 2.05) is 5.38 Å². The van der Waals surface area contributed by atoms with Gasteiger partial charge in [0, 0.05) is 41.6 Å². The summed E-state index contributed by atoms with van der Waals surface area (Å²) in [5.41, 5.74) is 5.61. The van der Waals surface area contributed by atoms with Crippen molar-refractivity contribution in [1.29, 1.82) is 0 Å². The first-order chi connectivity index (χ1) is 15.6. The number of para-hydroxylation sites is 1. The van der Waals surface area contributed by atoms with E-state index in [2.05, 4.69) is 81.8 Å². The summed E-state index contributed by atoms with van der Waals surface area (Å²) in [6.07, 6.45) is 5.25. The molecule has 0 radical (unpaired) electrons. The number of nitrogens with zero attached hydrogens (tertiary/aromatic N) is 2. The number of rotatable bonds is 9. The lowest BCUT2D eigenvalue weighted by atomic mass is 10.1. The Hall–Kier alpha value is -2.96. The highest BCUT2D eigenvalue weighted by molar-refractivity contribution is 7.09. The quantitative estimate of drug-likeness (QED) is 0.379. The minimum atomic E-state index is -0.0427. The second kappa shape index (κ2) is 9.27. The molecule has 32 heavy (non-hydrogen) atoms. The fourth-order valence-electron chi connectivity index (χ4n) is 3.95. The van der Waals surface area contributed by atoms with Gasteiger partial charge in [-0.3, -0.25) is 9.69 Å². The molecule has 0 saturated heterocycles. The number of H-pyrrole nitrogens is 1. The second-order valence-electron chi connectivity index (χ2n) is 8.68. The van der Waals surface area contributed by atoms with Crippen molar-refractivity contribution in [3.05, 3.63) is 87.5 Å². The Morgan fingerprint density at radius 2 is 1.97 bits per heavy atom. The molecule has 6 heteroatoms. The molecule has 1 fully saturated rings. The van der Waals surface area contributed by atoms with Crippen molar-refractivity contribution < 1.29 is 4.79 Å². The number of aromatic amines is 1. The first-order valence-electron chi connectivity index (χ1n) is 11.2. The summed E-state index contributed by atoms with van der Waals surface area (Å²) in [6, 6.07) is 17.5. The molecule has 2 N–H and O–H groups in total. The first-order valence-corrected chi connectivity index (χ1v) is 12.1. The summed E-state index contributed by atoms with van der Waals surface area (Å²) in [6.45, 7) is 4.62. The van der Waals surface area contributed by atoms with Crippen LogP contribution in [0.2, 0.25) is 0 Å². The number of thiazole rings is 1. The molecule has 1 aliphatic carbocycles. The smallest absolute Gasteiger partial charge is 0.270 e. The molecule has 1 amide bonds. The molecule has 2 aromatic carbocycles. The normalized spacial score (nSPS) is 13.7. The van der Waals surface area contributed by atoms with Crippen molar-refractivity contribution in [3.63, 3.8) is 0 Å². The van der Waals surface area contributed by atoms with Crippen LogP contribution in [0.15, 0.2) is 60.1 Å². The van der Waals surface area contributed by atoms with E-state index in [1.54, 1.807) is 11.3 Å². The van der Waals surface area contributed by atoms with Gasteiger partial charge in [0.1, 0.15) is 10.7 Å². The van der Waals surface area contributed by atoms with Gasteiger partial charge in [0.05, 0.1) is 6.54 Å². The van der Waals surface area contributed by atoms with Crippen molar-refractivity contribution in [1.82, 2.24) is 20.2 Å². The highest BCUT2D eigenvalue weighted by atomic mass is 32.1. The number of hydrogen-bond donors (Lipinski definition) is 2. The van der Waals surface area contributed by atoms with Gasteiger partial charge in [0.2, 0.25) is 0 Å². The summed E-state index contributed by atoms with van der Waals surface area (Å²) in [5.74, 6) is -0.0427. The third-order valence-electron chi connectivity index (χ3n) is 5.95. The zero-order valence-electron chi connectivity index (χ0n) is 18.3. The molecule has 164 valence electrons.